The van der Waals surface area contributed by atoms with E-state index in [2.05, 4.69) is 69.0 Å². The number of rotatable bonds is 7. The van der Waals surface area contributed by atoms with E-state index in [1.54, 1.807) is 18.9 Å². The Morgan fingerprint density at radius 1 is 0.815 bits per heavy atom. The fourth-order valence-electron chi connectivity index (χ4n) is 2.80. The Labute approximate surface area is 164 Å². The second-order valence-electron chi connectivity index (χ2n) is 6.13. The Morgan fingerprint density at radius 2 is 1.48 bits per heavy atom. The molecule has 0 atom stereocenters. The van der Waals surface area contributed by atoms with Crippen molar-refractivity contribution < 1.29 is 0 Å². The van der Waals surface area contributed by atoms with Crippen LogP contribution in [0.3, 0.4) is 0 Å². The summed E-state index contributed by atoms with van der Waals surface area (Å²) in [6.45, 7) is 2.42. The highest BCUT2D eigenvalue weighted by atomic mass is 35.5. The molecule has 0 amide bonds. The van der Waals surface area contributed by atoms with Gasteiger partial charge in [-0.05, 0) is 34.9 Å². The van der Waals surface area contributed by atoms with Gasteiger partial charge in [-0.25, -0.2) is 14.3 Å². The second-order valence-corrected chi connectivity index (χ2v) is 6.13. The molecule has 0 saturated carbocycles. The molecule has 0 bridgehead atoms. The van der Waals surface area contributed by atoms with Crippen molar-refractivity contribution in [3.05, 3.63) is 96.3 Å². The van der Waals surface area contributed by atoms with Crippen LogP contribution in [0.15, 0.2) is 79.6 Å². The molecular formula is C20H21ClN6. The lowest BCUT2D eigenvalue weighted by atomic mass is 10.1. The monoisotopic (exact) mass is 380 g/mol. The zero-order chi connectivity index (χ0) is 17.6. The molecule has 2 heterocycles. The minimum Gasteiger partial charge on any atom is -0.309 e. The summed E-state index contributed by atoms with van der Waals surface area (Å²) < 4.78 is 3.68. The van der Waals surface area contributed by atoms with E-state index in [-0.39, 0.29) is 12.4 Å². The molecule has 0 aliphatic carbocycles. The molecule has 7 heteroatoms. The molecule has 0 fully saturated rings. The van der Waals surface area contributed by atoms with Gasteiger partial charge in [-0.2, -0.15) is 10.2 Å². The Morgan fingerprint density at radius 3 is 2.07 bits per heavy atom. The van der Waals surface area contributed by atoms with Gasteiger partial charge in [0.1, 0.15) is 12.7 Å². The van der Waals surface area contributed by atoms with Crippen LogP contribution in [0.5, 0.6) is 0 Å². The maximum atomic E-state index is 4.24. The lowest BCUT2D eigenvalue weighted by Gasteiger charge is -2.08. The maximum Gasteiger partial charge on any atom is 0.137 e. The molecule has 6 nitrogen and oxygen atoms in total. The van der Waals surface area contributed by atoms with Gasteiger partial charge in [0, 0.05) is 25.5 Å². The van der Waals surface area contributed by atoms with Crippen molar-refractivity contribution in [3.8, 4) is 5.69 Å². The van der Waals surface area contributed by atoms with Gasteiger partial charge < -0.3 is 5.32 Å². The summed E-state index contributed by atoms with van der Waals surface area (Å²) in [5.74, 6) is 0. The van der Waals surface area contributed by atoms with Crippen LogP contribution in [0, 0.1) is 0 Å². The molecule has 27 heavy (non-hydrogen) atoms. The lowest BCUT2D eigenvalue weighted by molar-refractivity contribution is 0.680. The molecule has 0 radical (unpaired) electrons. The van der Waals surface area contributed by atoms with Crippen molar-refractivity contribution in [2.45, 2.75) is 19.6 Å². The first kappa shape index (κ1) is 18.8. The lowest BCUT2D eigenvalue weighted by Crippen LogP contribution is -2.12. The number of aromatic nitrogens is 5. The van der Waals surface area contributed by atoms with Crippen LogP contribution in [0.2, 0.25) is 0 Å². The highest BCUT2D eigenvalue weighted by Gasteiger charge is 1.99. The molecule has 0 saturated heterocycles. The summed E-state index contributed by atoms with van der Waals surface area (Å²) in [5, 5.41) is 11.9. The van der Waals surface area contributed by atoms with Gasteiger partial charge in [-0.15, -0.1) is 12.4 Å². The standard InChI is InChI=1S/C20H20N6.ClH/c1-10-23-26(11-1)20-8-6-18(7-9-20)13-21-12-17-2-4-19(5-3-17)14-25-16-22-15-24-25;/h1-11,15-16,21H,12-14H2;1H. The highest BCUT2D eigenvalue weighted by molar-refractivity contribution is 5.85. The first-order valence-corrected chi connectivity index (χ1v) is 8.57. The largest absolute Gasteiger partial charge is 0.309 e. The third-order valence-corrected chi connectivity index (χ3v) is 4.20. The van der Waals surface area contributed by atoms with E-state index in [9.17, 15) is 0 Å². The van der Waals surface area contributed by atoms with Crippen LogP contribution < -0.4 is 5.32 Å². The zero-order valence-corrected chi connectivity index (χ0v) is 15.6. The number of hydrogen-bond donors (Lipinski definition) is 1. The van der Waals surface area contributed by atoms with E-state index in [4.69, 9.17) is 0 Å². The van der Waals surface area contributed by atoms with Crippen LogP contribution in [-0.2, 0) is 19.6 Å². The number of nitrogens with zero attached hydrogens (tertiary/aromatic N) is 5. The molecule has 0 aliphatic heterocycles. The van der Waals surface area contributed by atoms with Crippen molar-refractivity contribution in [1.29, 1.82) is 0 Å². The SMILES string of the molecule is Cl.c1cnn(-c2ccc(CNCc3ccc(Cn4cncn4)cc3)cc2)c1. The average Bonchev–Trinajstić information content (AvgIpc) is 3.38. The van der Waals surface area contributed by atoms with Crippen molar-refractivity contribution in [1.82, 2.24) is 29.9 Å². The second kappa shape index (κ2) is 9.12. The predicted molar refractivity (Wildman–Crippen MR) is 107 cm³/mol. The van der Waals surface area contributed by atoms with Crippen LogP contribution >= 0.6 is 12.4 Å². The van der Waals surface area contributed by atoms with E-state index in [1.807, 2.05) is 21.6 Å². The maximum absolute atomic E-state index is 4.24. The third kappa shape index (κ3) is 5.03. The molecule has 0 spiro atoms. The molecule has 0 aliphatic rings. The van der Waals surface area contributed by atoms with E-state index >= 15 is 0 Å². The number of nitrogens with one attached hydrogen (secondary N) is 1. The van der Waals surface area contributed by atoms with Crippen molar-refractivity contribution in [3.63, 3.8) is 0 Å². The number of benzene rings is 2. The molecule has 0 unspecified atom stereocenters. The normalized spacial score (nSPS) is 10.5. The Bertz CT molecular complexity index is 916. The van der Waals surface area contributed by atoms with E-state index in [0.29, 0.717) is 0 Å². The summed E-state index contributed by atoms with van der Waals surface area (Å²) in [5.41, 5.74) is 4.80. The van der Waals surface area contributed by atoms with Gasteiger partial charge in [-0.1, -0.05) is 36.4 Å². The van der Waals surface area contributed by atoms with Crippen LogP contribution in [0.1, 0.15) is 16.7 Å². The number of hydrogen-bond acceptors (Lipinski definition) is 4. The summed E-state index contributed by atoms with van der Waals surface area (Å²) in [7, 11) is 0. The van der Waals surface area contributed by atoms with E-state index < -0.39 is 0 Å². The molecule has 1 N–H and O–H groups in total. The fourth-order valence-corrected chi connectivity index (χ4v) is 2.80. The first-order valence-electron chi connectivity index (χ1n) is 8.57. The summed E-state index contributed by atoms with van der Waals surface area (Å²) in [4.78, 5) is 3.96. The first-order chi connectivity index (χ1) is 12.9. The average molecular weight is 381 g/mol. The van der Waals surface area contributed by atoms with Crippen molar-refractivity contribution in [2.75, 3.05) is 0 Å². The van der Waals surface area contributed by atoms with Crippen LogP contribution in [0.4, 0.5) is 0 Å². The van der Waals surface area contributed by atoms with Gasteiger partial charge in [0.25, 0.3) is 0 Å². The minimum absolute atomic E-state index is 0. The van der Waals surface area contributed by atoms with Crippen LogP contribution in [0.25, 0.3) is 5.69 Å². The zero-order valence-electron chi connectivity index (χ0n) is 14.8. The van der Waals surface area contributed by atoms with Gasteiger partial charge in [-0.3, -0.25) is 0 Å². The number of halogens is 1. The summed E-state index contributed by atoms with van der Waals surface area (Å²) in [6.07, 6.45) is 7.01. The molecule has 2 aromatic heterocycles. The van der Waals surface area contributed by atoms with Crippen molar-refractivity contribution in [2.24, 2.45) is 0 Å². The van der Waals surface area contributed by atoms with E-state index in [1.165, 1.54) is 16.7 Å². The Kier molecular flexibility index (Phi) is 6.35. The minimum atomic E-state index is 0. The summed E-state index contributed by atoms with van der Waals surface area (Å²) in [6, 6.07) is 18.9. The molecule has 4 rings (SSSR count). The molecule has 138 valence electrons. The van der Waals surface area contributed by atoms with Gasteiger partial charge in [0.2, 0.25) is 0 Å². The third-order valence-electron chi connectivity index (χ3n) is 4.20. The molecular weight excluding hydrogens is 360 g/mol. The predicted octanol–water partition coefficient (Wildman–Crippen LogP) is 3.22. The topological polar surface area (TPSA) is 60.6 Å². The van der Waals surface area contributed by atoms with Gasteiger partial charge >= 0.3 is 0 Å². The molecule has 4 aromatic rings. The summed E-state index contributed by atoms with van der Waals surface area (Å²) >= 11 is 0. The van der Waals surface area contributed by atoms with Gasteiger partial charge in [0.15, 0.2) is 0 Å². The highest BCUT2D eigenvalue weighted by Crippen LogP contribution is 2.09. The smallest absolute Gasteiger partial charge is 0.137 e. The quantitative estimate of drug-likeness (QED) is 0.534. The van der Waals surface area contributed by atoms with E-state index in [0.717, 1.165) is 25.3 Å². The Hall–Kier alpha value is -2.96. The fraction of sp³-hybridized carbons (Fsp3) is 0.150. The Balaban J connectivity index is 0.00000210. The molecule has 2 aromatic carbocycles. The van der Waals surface area contributed by atoms with Crippen molar-refractivity contribution >= 4 is 12.4 Å². The van der Waals surface area contributed by atoms with Gasteiger partial charge in [0.05, 0.1) is 12.2 Å². The van der Waals surface area contributed by atoms with Crippen LogP contribution in [-0.4, -0.2) is 24.5 Å².